The number of benzene rings is 3. The van der Waals surface area contributed by atoms with Crippen LogP contribution in [0, 0.1) is 0 Å². The molecule has 2 aliphatic rings. The average Bonchev–Trinajstić information content (AvgIpc) is 2.61. The number of hydrogen-bond donors (Lipinski definition) is 1. The monoisotopic (exact) mass is 316 g/mol. The number of rotatable bonds is 1. The van der Waals surface area contributed by atoms with Crippen molar-refractivity contribution < 1.29 is 9.84 Å². The number of hydrogen-bond acceptors (Lipinski definition) is 2. The van der Waals surface area contributed by atoms with Gasteiger partial charge in [0.05, 0.1) is 0 Å². The summed E-state index contributed by atoms with van der Waals surface area (Å²) >= 11 is 0. The van der Waals surface area contributed by atoms with E-state index in [1.807, 2.05) is 18.2 Å². The molecule has 0 aromatic heterocycles. The first kappa shape index (κ1) is 14.1. The van der Waals surface area contributed by atoms with Crippen molar-refractivity contribution in [1.29, 1.82) is 0 Å². The Labute approximate surface area is 141 Å². The van der Waals surface area contributed by atoms with Gasteiger partial charge in [0.25, 0.3) is 0 Å². The highest BCUT2D eigenvalue weighted by Crippen LogP contribution is 2.53. The van der Waals surface area contributed by atoms with Crippen molar-refractivity contribution in [2.24, 2.45) is 0 Å². The lowest BCUT2D eigenvalue weighted by atomic mass is 9.70. The van der Waals surface area contributed by atoms with Gasteiger partial charge in [-0.3, -0.25) is 0 Å². The first-order valence-electron chi connectivity index (χ1n) is 8.70. The molecule has 0 saturated heterocycles. The summed E-state index contributed by atoms with van der Waals surface area (Å²) in [5.74, 6) is 0.524. The predicted molar refractivity (Wildman–Crippen MR) is 95.3 cm³/mol. The van der Waals surface area contributed by atoms with Crippen LogP contribution in [-0.2, 0) is 0 Å². The fourth-order valence-corrected chi connectivity index (χ4v) is 4.55. The molecular formula is C22H20O2. The van der Waals surface area contributed by atoms with Crippen LogP contribution in [0.3, 0.4) is 0 Å². The molecule has 0 unspecified atom stereocenters. The highest BCUT2D eigenvalue weighted by atomic mass is 16.6. The van der Waals surface area contributed by atoms with Crippen LogP contribution < -0.4 is 4.74 Å². The van der Waals surface area contributed by atoms with Crippen molar-refractivity contribution in [2.75, 3.05) is 0 Å². The Hall–Kier alpha value is -2.32. The maximum absolute atomic E-state index is 11.1. The SMILES string of the molecule is O[C@@]12C[C@@H](c3ccccc3)C[C@@H](C1)c1ccc3ccccc3c1O2. The fourth-order valence-electron chi connectivity index (χ4n) is 4.55. The van der Waals surface area contributed by atoms with E-state index >= 15 is 0 Å². The summed E-state index contributed by atoms with van der Waals surface area (Å²) in [6, 6.07) is 23.1. The molecule has 120 valence electrons. The normalized spacial score (nSPS) is 28.2. The van der Waals surface area contributed by atoms with E-state index in [2.05, 4.69) is 48.5 Å². The van der Waals surface area contributed by atoms with Crippen LogP contribution in [0.2, 0.25) is 0 Å². The predicted octanol–water partition coefficient (Wildman–Crippen LogP) is 4.97. The Morgan fingerprint density at radius 3 is 2.46 bits per heavy atom. The second-order valence-corrected chi connectivity index (χ2v) is 7.20. The summed E-state index contributed by atoms with van der Waals surface area (Å²) in [7, 11) is 0. The van der Waals surface area contributed by atoms with Gasteiger partial charge in [0.1, 0.15) is 5.75 Å². The molecule has 1 aliphatic heterocycles. The lowest BCUT2D eigenvalue weighted by Gasteiger charge is -2.46. The van der Waals surface area contributed by atoms with Gasteiger partial charge in [-0.15, -0.1) is 0 Å². The molecule has 1 fully saturated rings. The lowest BCUT2D eigenvalue weighted by molar-refractivity contribution is -0.176. The first-order chi connectivity index (χ1) is 11.7. The van der Waals surface area contributed by atoms with E-state index in [1.165, 1.54) is 16.5 Å². The zero-order valence-electron chi connectivity index (χ0n) is 13.5. The molecule has 2 nitrogen and oxygen atoms in total. The molecule has 3 atom stereocenters. The molecule has 0 amide bonds. The van der Waals surface area contributed by atoms with Gasteiger partial charge in [-0.1, -0.05) is 66.7 Å². The molecule has 2 bridgehead atoms. The summed E-state index contributed by atoms with van der Waals surface area (Å²) < 4.78 is 6.21. The van der Waals surface area contributed by atoms with Crippen LogP contribution in [0.1, 0.15) is 42.2 Å². The van der Waals surface area contributed by atoms with Gasteiger partial charge in [0.2, 0.25) is 5.79 Å². The molecular weight excluding hydrogens is 296 g/mol. The van der Waals surface area contributed by atoms with Crippen molar-refractivity contribution in [1.82, 2.24) is 0 Å². The van der Waals surface area contributed by atoms with E-state index in [1.54, 1.807) is 0 Å². The minimum atomic E-state index is -1.06. The molecule has 1 aliphatic carbocycles. The largest absolute Gasteiger partial charge is 0.462 e. The van der Waals surface area contributed by atoms with Crippen LogP contribution in [0.4, 0.5) is 0 Å². The van der Waals surface area contributed by atoms with Crippen LogP contribution in [-0.4, -0.2) is 10.9 Å². The number of fused-ring (bicyclic) bond motifs is 6. The molecule has 5 rings (SSSR count). The summed E-state index contributed by atoms with van der Waals surface area (Å²) in [5.41, 5.74) is 2.55. The van der Waals surface area contributed by atoms with Crippen molar-refractivity contribution in [2.45, 2.75) is 36.9 Å². The summed E-state index contributed by atoms with van der Waals surface area (Å²) in [5, 5.41) is 13.4. The number of ether oxygens (including phenoxy) is 1. The van der Waals surface area contributed by atoms with Gasteiger partial charge < -0.3 is 9.84 Å². The van der Waals surface area contributed by atoms with E-state index in [0.717, 1.165) is 17.6 Å². The first-order valence-corrected chi connectivity index (χ1v) is 8.70. The van der Waals surface area contributed by atoms with Gasteiger partial charge in [-0.05, 0) is 34.8 Å². The standard InChI is InChI=1S/C22H20O2/c23-22-13-17(15-6-2-1-3-7-15)12-18(14-22)20-11-10-16-8-4-5-9-19(16)21(20)24-22/h1-11,17-18,23H,12-14H2/t17-,18-,22+/m0/s1. The molecule has 1 heterocycles. The molecule has 0 spiro atoms. The molecule has 24 heavy (non-hydrogen) atoms. The Morgan fingerprint density at radius 2 is 1.58 bits per heavy atom. The van der Waals surface area contributed by atoms with E-state index in [-0.39, 0.29) is 0 Å². The zero-order valence-corrected chi connectivity index (χ0v) is 13.5. The minimum Gasteiger partial charge on any atom is -0.462 e. The van der Waals surface area contributed by atoms with Crippen molar-refractivity contribution in [3.05, 3.63) is 77.9 Å². The maximum atomic E-state index is 11.1. The topological polar surface area (TPSA) is 29.5 Å². The third kappa shape index (κ3) is 2.14. The van der Waals surface area contributed by atoms with Gasteiger partial charge >= 0.3 is 0 Å². The summed E-state index contributed by atoms with van der Waals surface area (Å²) in [6.07, 6.45) is 2.43. The average molecular weight is 316 g/mol. The maximum Gasteiger partial charge on any atom is 0.209 e. The van der Waals surface area contributed by atoms with Crippen molar-refractivity contribution in [3.8, 4) is 5.75 Å². The van der Waals surface area contributed by atoms with Gasteiger partial charge in [0, 0.05) is 18.2 Å². The van der Waals surface area contributed by atoms with Crippen LogP contribution >= 0.6 is 0 Å². The van der Waals surface area contributed by atoms with E-state index in [0.29, 0.717) is 24.7 Å². The lowest BCUT2D eigenvalue weighted by Crippen LogP contribution is -2.46. The minimum absolute atomic E-state index is 0.342. The van der Waals surface area contributed by atoms with Crippen molar-refractivity contribution >= 4 is 10.8 Å². The highest BCUT2D eigenvalue weighted by Gasteiger charge is 2.46. The Balaban J connectivity index is 1.61. The summed E-state index contributed by atoms with van der Waals surface area (Å²) in [4.78, 5) is 0. The van der Waals surface area contributed by atoms with Gasteiger partial charge in [-0.25, -0.2) is 0 Å². The molecule has 1 saturated carbocycles. The third-order valence-corrected chi connectivity index (χ3v) is 5.61. The van der Waals surface area contributed by atoms with E-state index in [4.69, 9.17) is 4.74 Å². The Bertz CT molecular complexity index is 902. The van der Waals surface area contributed by atoms with Gasteiger partial charge in [-0.2, -0.15) is 0 Å². The van der Waals surface area contributed by atoms with Crippen LogP contribution in [0.15, 0.2) is 66.7 Å². The molecule has 3 aromatic carbocycles. The Morgan fingerprint density at radius 1 is 0.833 bits per heavy atom. The van der Waals surface area contributed by atoms with Crippen LogP contribution in [0.25, 0.3) is 10.8 Å². The highest BCUT2D eigenvalue weighted by molar-refractivity contribution is 5.90. The third-order valence-electron chi connectivity index (χ3n) is 5.61. The number of aliphatic hydroxyl groups is 1. The fraction of sp³-hybridized carbons (Fsp3) is 0.273. The van der Waals surface area contributed by atoms with E-state index < -0.39 is 5.79 Å². The van der Waals surface area contributed by atoms with Crippen molar-refractivity contribution in [3.63, 3.8) is 0 Å². The zero-order chi connectivity index (χ0) is 16.1. The van der Waals surface area contributed by atoms with Gasteiger partial charge in [0.15, 0.2) is 0 Å². The Kier molecular flexibility index (Phi) is 2.98. The molecule has 0 radical (unpaired) electrons. The smallest absolute Gasteiger partial charge is 0.209 e. The molecule has 1 N–H and O–H groups in total. The molecule has 3 aromatic rings. The van der Waals surface area contributed by atoms with E-state index in [9.17, 15) is 5.11 Å². The summed E-state index contributed by atoms with van der Waals surface area (Å²) in [6.45, 7) is 0. The second kappa shape index (κ2) is 5.09. The quantitative estimate of drug-likeness (QED) is 0.686. The van der Waals surface area contributed by atoms with Crippen LogP contribution in [0.5, 0.6) is 5.75 Å². The second-order valence-electron chi connectivity index (χ2n) is 7.20. The molecule has 2 heteroatoms.